The Bertz CT molecular complexity index is 1490. The van der Waals surface area contributed by atoms with E-state index >= 15 is 0 Å². The van der Waals surface area contributed by atoms with E-state index in [1.165, 1.54) is 135 Å². The Morgan fingerprint density at radius 1 is 0.444 bits per heavy atom. The summed E-state index contributed by atoms with van der Waals surface area (Å²) < 4.78 is 34.3. The van der Waals surface area contributed by atoms with Crippen LogP contribution in [0.15, 0.2) is 85.1 Å². The van der Waals surface area contributed by atoms with Crippen LogP contribution >= 0.6 is 7.82 Å². The first-order chi connectivity index (χ1) is 35.0. The zero-order chi connectivity index (χ0) is 52.7. The molecule has 72 heavy (non-hydrogen) atoms. The number of rotatable bonds is 53. The number of phosphoric ester groups is 1. The van der Waals surface area contributed by atoms with E-state index in [-0.39, 0.29) is 32.0 Å². The highest BCUT2D eigenvalue weighted by Gasteiger charge is 2.27. The van der Waals surface area contributed by atoms with Gasteiger partial charge in [-0.2, -0.15) is 0 Å². The topological polar surface area (TPSA) is 108 Å². The van der Waals surface area contributed by atoms with Gasteiger partial charge in [-0.05, 0) is 70.6 Å². The summed E-state index contributed by atoms with van der Waals surface area (Å²) in [4.78, 5) is 35.3. The van der Waals surface area contributed by atoms with Crippen molar-refractivity contribution in [3.8, 4) is 0 Å². The van der Waals surface area contributed by atoms with Crippen molar-refractivity contribution >= 4 is 19.8 Å². The van der Waals surface area contributed by atoms with Gasteiger partial charge < -0.3 is 18.9 Å². The average Bonchev–Trinajstić information content (AvgIpc) is 3.34. The molecule has 0 heterocycles. The van der Waals surface area contributed by atoms with Crippen molar-refractivity contribution in [2.24, 2.45) is 0 Å². The number of nitrogens with zero attached hydrogens (tertiary/aromatic N) is 1. The molecule has 0 radical (unpaired) electrons. The smallest absolute Gasteiger partial charge is 0.462 e. The number of hydrogen-bond donors (Lipinski definition) is 1. The molecule has 10 heteroatoms. The molecule has 0 aliphatic rings. The van der Waals surface area contributed by atoms with E-state index in [0.29, 0.717) is 17.4 Å². The van der Waals surface area contributed by atoms with Gasteiger partial charge in [0, 0.05) is 12.8 Å². The minimum atomic E-state index is -4.37. The fourth-order valence-electron chi connectivity index (χ4n) is 7.94. The lowest BCUT2D eigenvalue weighted by Gasteiger charge is -2.24. The Balaban J connectivity index is 3.83. The van der Waals surface area contributed by atoms with Gasteiger partial charge in [0.15, 0.2) is 6.10 Å². The average molecular weight is 1030 g/mol. The van der Waals surface area contributed by atoms with E-state index in [4.69, 9.17) is 18.5 Å². The predicted molar refractivity (Wildman–Crippen MR) is 307 cm³/mol. The molecule has 0 aromatic carbocycles. The predicted octanol–water partition coefficient (Wildman–Crippen LogP) is 18.3. The lowest BCUT2D eigenvalue weighted by Crippen LogP contribution is -2.37. The summed E-state index contributed by atoms with van der Waals surface area (Å²) in [5.74, 6) is -0.799. The number of allylic oxidation sites excluding steroid dienone is 14. The Morgan fingerprint density at radius 3 is 1.18 bits per heavy atom. The summed E-state index contributed by atoms with van der Waals surface area (Å²) in [6, 6.07) is 0. The third kappa shape index (κ3) is 56.5. The Hall–Kier alpha value is -2.81. The van der Waals surface area contributed by atoms with E-state index in [2.05, 4.69) is 98.9 Å². The molecule has 0 spiro atoms. The molecular weight excluding hydrogens is 918 g/mol. The number of phosphoric acid groups is 1. The molecule has 0 amide bonds. The van der Waals surface area contributed by atoms with Crippen LogP contribution in [0.2, 0.25) is 0 Å². The summed E-state index contributed by atoms with van der Waals surface area (Å²) in [5.41, 5.74) is 0. The van der Waals surface area contributed by atoms with Gasteiger partial charge in [-0.3, -0.25) is 18.6 Å². The minimum absolute atomic E-state index is 0.0319. The maximum absolute atomic E-state index is 12.7. The molecule has 0 saturated heterocycles. The summed E-state index contributed by atoms with van der Waals surface area (Å²) >= 11 is 0. The standard InChI is InChI=1S/C62H110NO8P/c1-6-8-10-12-14-15-16-17-18-19-20-21-22-23-24-25-26-27-28-29-30-31-32-33-34-35-36-37-38-39-40-41-42-43-44-45-46-47-49-51-53-55-62(65)71-60(59-70-72(66,67)69-57-56-63(3,4)5)58-68-61(64)54-52-50-48-13-11-9-7-2/h8,10,14-15,17-18,20-21,23-24,26-27,29-30,60H,6-7,9,11-13,16,19,22,25,28,31-59H2,1-5H3/p+1/b10-8-,15-14-,18-17-,21-20-,24-23-,27-26-,30-29-. The number of esters is 2. The van der Waals surface area contributed by atoms with Crippen LogP contribution in [0.4, 0.5) is 0 Å². The monoisotopic (exact) mass is 1030 g/mol. The molecule has 1 N–H and O–H groups in total. The second kappa shape index (κ2) is 53.0. The zero-order valence-electron chi connectivity index (χ0n) is 47.1. The van der Waals surface area contributed by atoms with Gasteiger partial charge in [0.2, 0.25) is 0 Å². The van der Waals surface area contributed by atoms with Crippen molar-refractivity contribution in [2.75, 3.05) is 47.5 Å². The van der Waals surface area contributed by atoms with Gasteiger partial charge in [0.25, 0.3) is 0 Å². The van der Waals surface area contributed by atoms with Crippen LogP contribution < -0.4 is 0 Å². The SMILES string of the molecule is CC/C=C\C/C=C\C/C=C\C/C=C\C/C=C\C/C=C\C/C=C\CCCCCCCCCCCCCCCCCCCCCC(=O)OC(COC(=O)CCCCCCCCC)COP(=O)(O)OCC[N+](C)(C)C. The number of ether oxygens (including phenoxy) is 2. The van der Waals surface area contributed by atoms with Crippen molar-refractivity contribution in [3.63, 3.8) is 0 Å². The molecule has 0 aromatic heterocycles. The third-order valence-electron chi connectivity index (χ3n) is 12.4. The molecule has 0 bridgehead atoms. The summed E-state index contributed by atoms with van der Waals surface area (Å²) in [5, 5.41) is 0. The second-order valence-electron chi connectivity index (χ2n) is 20.7. The van der Waals surface area contributed by atoms with Crippen molar-refractivity contribution < 1.29 is 42.1 Å². The first-order valence-electron chi connectivity index (χ1n) is 29.3. The molecule has 2 atom stereocenters. The number of carbonyl (C=O) groups is 2. The Morgan fingerprint density at radius 2 is 0.792 bits per heavy atom. The summed E-state index contributed by atoms with van der Waals surface area (Å²) in [7, 11) is 1.48. The quantitative estimate of drug-likeness (QED) is 0.0211. The molecule has 416 valence electrons. The van der Waals surface area contributed by atoms with E-state index in [1.54, 1.807) is 0 Å². The number of carbonyl (C=O) groups excluding carboxylic acids is 2. The van der Waals surface area contributed by atoms with Crippen LogP contribution in [0.1, 0.15) is 245 Å². The third-order valence-corrected chi connectivity index (χ3v) is 13.4. The van der Waals surface area contributed by atoms with E-state index in [1.807, 2.05) is 21.1 Å². The molecule has 0 fully saturated rings. The fourth-order valence-corrected chi connectivity index (χ4v) is 8.68. The van der Waals surface area contributed by atoms with E-state index < -0.39 is 26.5 Å². The van der Waals surface area contributed by atoms with Gasteiger partial charge in [-0.25, -0.2) is 4.57 Å². The molecular formula is C62H111NO8P+. The molecule has 0 saturated carbocycles. The van der Waals surface area contributed by atoms with Crippen LogP contribution in [0.25, 0.3) is 0 Å². The number of hydrogen-bond acceptors (Lipinski definition) is 7. The largest absolute Gasteiger partial charge is 0.472 e. The van der Waals surface area contributed by atoms with Crippen LogP contribution in [0, 0.1) is 0 Å². The molecule has 0 aliphatic heterocycles. The van der Waals surface area contributed by atoms with Gasteiger partial charge in [0.1, 0.15) is 19.8 Å². The highest BCUT2D eigenvalue weighted by atomic mass is 31.2. The molecule has 0 aromatic rings. The van der Waals surface area contributed by atoms with Gasteiger partial charge >= 0.3 is 19.8 Å². The van der Waals surface area contributed by atoms with Crippen LogP contribution in [-0.2, 0) is 32.7 Å². The van der Waals surface area contributed by atoms with Crippen molar-refractivity contribution in [1.29, 1.82) is 0 Å². The number of likely N-dealkylation sites (N-methyl/N-ethyl adjacent to an activating group) is 1. The summed E-state index contributed by atoms with van der Waals surface area (Å²) in [6.45, 7) is 4.27. The van der Waals surface area contributed by atoms with Crippen molar-refractivity contribution in [2.45, 2.75) is 251 Å². The Labute approximate surface area is 443 Å². The van der Waals surface area contributed by atoms with Crippen LogP contribution in [0.3, 0.4) is 0 Å². The number of unbranched alkanes of at least 4 members (excludes halogenated alkanes) is 25. The molecule has 0 rings (SSSR count). The maximum Gasteiger partial charge on any atom is 0.472 e. The minimum Gasteiger partial charge on any atom is -0.462 e. The summed E-state index contributed by atoms with van der Waals surface area (Å²) in [6.07, 6.45) is 71.4. The Kier molecular flexibility index (Phi) is 51.0. The zero-order valence-corrected chi connectivity index (χ0v) is 48.0. The van der Waals surface area contributed by atoms with Crippen molar-refractivity contribution in [3.05, 3.63) is 85.1 Å². The van der Waals surface area contributed by atoms with E-state index in [9.17, 15) is 19.0 Å². The van der Waals surface area contributed by atoms with Gasteiger partial charge in [-0.1, -0.05) is 247 Å². The van der Waals surface area contributed by atoms with Crippen LogP contribution in [-0.4, -0.2) is 74.9 Å². The second-order valence-corrected chi connectivity index (χ2v) is 22.1. The highest BCUT2D eigenvalue weighted by molar-refractivity contribution is 7.47. The van der Waals surface area contributed by atoms with Crippen LogP contribution in [0.5, 0.6) is 0 Å². The number of quaternary nitrogens is 1. The van der Waals surface area contributed by atoms with Crippen molar-refractivity contribution in [1.82, 2.24) is 0 Å². The first kappa shape index (κ1) is 69.2. The fraction of sp³-hybridized carbons (Fsp3) is 0.742. The molecule has 0 aliphatic carbocycles. The highest BCUT2D eigenvalue weighted by Crippen LogP contribution is 2.43. The van der Waals surface area contributed by atoms with Gasteiger partial charge in [-0.15, -0.1) is 0 Å². The molecule has 9 nitrogen and oxygen atoms in total. The normalized spacial score (nSPS) is 13.9. The lowest BCUT2D eigenvalue weighted by atomic mass is 10.0. The van der Waals surface area contributed by atoms with Gasteiger partial charge in [0.05, 0.1) is 27.7 Å². The lowest BCUT2D eigenvalue weighted by molar-refractivity contribution is -0.870. The first-order valence-corrected chi connectivity index (χ1v) is 30.8. The molecule has 2 unspecified atom stereocenters. The maximum atomic E-state index is 12.7. The van der Waals surface area contributed by atoms with E-state index in [0.717, 1.165) is 77.0 Å².